The van der Waals surface area contributed by atoms with Gasteiger partial charge in [0.05, 0.1) is 0 Å². The van der Waals surface area contributed by atoms with Crippen molar-refractivity contribution in [2.45, 2.75) is 70.0 Å². The van der Waals surface area contributed by atoms with E-state index >= 15 is 0 Å². The number of likely N-dealkylation sites (N-methyl/N-ethyl adjacent to an activating group) is 3. The van der Waals surface area contributed by atoms with Gasteiger partial charge in [-0.15, -0.1) is 0 Å². The molecule has 0 heterocycles. The van der Waals surface area contributed by atoms with Crippen LogP contribution in [0.15, 0.2) is 0 Å². The molecule has 3 heteroatoms. The third kappa shape index (κ3) is 3.37. The maximum atomic E-state index is 3.73. The molecule has 2 fully saturated rings. The molecule has 0 aromatic rings. The zero-order valence-corrected chi connectivity index (χ0v) is 14.3. The van der Waals surface area contributed by atoms with Gasteiger partial charge in [-0.05, 0) is 72.1 Å². The van der Waals surface area contributed by atoms with Crippen molar-refractivity contribution < 1.29 is 0 Å². The number of hydrogen-bond acceptors (Lipinski definition) is 3. The topological polar surface area (TPSA) is 18.5 Å². The monoisotopic (exact) mass is 281 g/mol. The van der Waals surface area contributed by atoms with Crippen LogP contribution in [0.25, 0.3) is 0 Å². The standard InChI is InChI=1S/C17H35N3/c1-6-18-15-9-8-14(2)12-16(15)20(5)13-17(19(3)4)10-7-11-17/h14-16,18H,6-13H2,1-5H3. The van der Waals surface area contributed by atoms with Gasteiger partial charge in [0.25, 0.3) is 0 Å². The summed E-state index contributed by atoms with van der Waals surface area (Å²) < 4.78 is 0. The first-order valence-electron chi connectivity index (χ1n) is 8.59. The Kier molecular flexibility index (Phi) is 5.49. The molecule has 0 amide bonds. The fourth-order valence-corrected chi connectivity index (χ4v) is 4.25. The van der Waals surface area contributed by atoms with E-state index in [9.17, 15) is 0 Å². The molecule has 2 saturated carbocycles. The Hall–Kier alpha value is -0.120. The van der Waals surface area contributed by atoms with Gasteiger partial charge < -0.3 is 15.1 Å². The summed E-state index contributed by atoms with van der Waals surface area (Å²) in [6.45, 7) is 7.00. The van der Waals surface area contributed by atoms with E-state index in [2.05, 4.69) is 50.1 Å². The number of nitrogens with zero attached hydrogens (tertiary/aromatic N) is 2. The van der Waals surface area contributed by atoms with Gasteiger partial charge in [0.2, 0.25) is 0 Å². The molecule has 20 heavy (non-hydrogen) atoms. The van der Waals surface area contributed by atoms with Gasteiger partial charge in [0.1, 0.15) is 0 Å². The number of rotatable bonds is 6. The van der Waals surface area contributed by atoms with E-state index in [0.29, 0.717) is 11.6 Å². The van der Waals surface area contributed by atoms with Crippen LogP contribution in [-0.4, -0.2) is 61.7 Å². The zero-order valence-electron chi connectivity index (χ0n) is 14.3. The van der Waals surface area contributed by atoms with E-state index in [0.717, 1.165) is 18.5 Å². The molecule has 2 aliphatic rings. The largest absolute Gasteiger partial charge is 0.313 e. The van der Waals surface area contributed by atoms with E-state index < -0.39 is 0 Å². The highest BCUT2D eigenvalue weighted by Crippen LogP contribution is 2.38. The number of nitrogens with one attached hydrogen (secondary N) is 1. The van der Waals surface area contributed by atoms with Crippen molar-refractivity contribution in [3.05, 3.63) is 0 Å². The van der Waals surface area contributed by atoms with Crippen molar-refractivity contribution in [1.82, 2.24) is 15.1 Å². The Balaban J connectivity index is 1.99. The first-order valence-corrected chi connectivity index (χ1v) is 8.59. The minimum atomic E-state index is 0.451. The molecule has 0 aromatic heterocycles. The summed E-state index contributed by atoms with van der Waals surface area (Å²) in [7, 11) is 6.88. The van der Waals surface area contributed by atoms with Gasteiger partial charge in [0, 0.05) is 24.2 Å². The second kappa shape index (κ2) is 6.76. The van der Waals surface area contributed by atoms with Gasteiger partial charge in [-0.1, -0.05) is 13.8 Å². The van der Waals surface area contributed by atoms with Crippen molar-refractivity contribution in [1.29, 1.82) is 0 Å². The van der Waals surface area contributed by atoms with Crippen LogP contribution in [-0.2, 0) is 0 Å². The van der Waals surface area contributed by atoms with Gasteiger partial charge >= 0.3 is 0 Å². The second-order valence-electron chi connectivity index (χ2n) is 7.54. The Morgan fingerprint density at radius 3 is 2.35 bits per heavy atom. The molecular weight excluding hydrogens is 246 g/mol. The van der Waals surface area contributed by atoms with Crippen LogP contribution < -0.4 is 5.32 Å². The maximum Gasteiger partial charge on any atom is 0.0330 e. The lowest BCUT2D eigenvalue weighted by atomic mass is 9.74. The van der Waals surface area contributed by atoms with Gasteiger partial charge in [-0.3, -0.25) is 0 Å². The molecule has 118 valence electrons. The van der Waals surface area contributed by atoms with Gasteiger partial charge in [-0.2, -0.15) is 0 Å². The summed E-state index contributed by atoms with van der Waals surface area (Å²) in [6.07, 6.45) is 8.25. The summed E-state index contributed by atoms with van der Waals surface area (Å²) in [5.41, 5.74) is 0.451. The minimum absolute atomic E-state index is 0.451. The van der Waals surface area contributed by atoms with Crippen molar-refractivity contribution in [2.75, 3.05) is 34.2 Å². The normalized spacial score (nSPS) is 33.5. The molecule has 2 rings (SSSR count). The number of hydrogen-bond donors (Lipinski definition) is 1. The summed E-state index contributed by atoms with van der Waals surface area (Å²) in [5.74, 6) is 0.883. The third-order valence-corrected chi connectivity index (χ3v) is 5.89. The summed E-state index contributed by atoms with van der Waals surface area (Å²) in [5, 5.41) is 3.73. The lowest BCUT2D eigenvalue weighted by Crippen LogP contribution is -2.61. The van der Waals surface area contributed by atoms with Gasteiger partial charge in [-0.25, -0.2) is 0 Å². The highest BCUT2D eigenvalue weighted by Gasteiger charge is 2.42. The van der Waals surface area contributed by atoms with Gasteiger partial charge in [0.15, 0.2) is 0 Å². The Morgan fingerprint density at radius 1 is 1.15 bits per heavy atom. The quantitative estimate of drug-likeness (QED) is 0.807. The van der Waals surface area contributed by atoms with Crippen LogP contribution in [0, 0.1) is 5.92 Å². The van der Waals surface area contributed by atoms with Crippen LogP contribution in [0.3, 0.4) is 0 Å². The van der Waals surface area contributed by atoms with Crippen molar-refractivity contribution in [3.63, 3.8) is 0 Å². The van der Waals surface area contributed by atoms with Crippen molar-refractivity contribution in [3.8, 4) is 0 Å². The lowest BCUT2D eigenvalue weighted by molar-refractivity contribution is 0.00166. The van der Waals surface area contributed by atoms with E-state index in [1.807, 2.05) is 0 Å². The van der Waals surface area contributed by atoms with E-state index in [-0.39, 0.29) is 0 Å². The minimum Gasteiger partial charge on any atom is -0.313 e. The fraction of sp³-hybridized carbons (Fsp3) is 1.00. The average molecular weight is 281 g/mol. The van der Waals surface area contributed by atoms with Crippen molar-refractivity contribution >= 4 is 0 Å². The molecule has 1 N–H and O–H groups in total. The van der Waals surface area contributed by atoms with E-state index in [1.165, 1.54) is 45.1 Å². The zero-order chi connectivity index (χ0) is 14.8. The average Bonchev–Trinajstić information content (AvgIpc) is 2.35. The lowest BCUT2D eigenvalue weighted by Gasteiger charge is -2.52. The van der Waals surface area contributed by atoms with Crippen LogP contribution in [0.5, 0.6) is 0 Å². The van der Waals surface area contributed by atoms with Crippen molar-refractivity contribution in [2.24, 2.45) is 5.92 Å². The SMILES string of the molecule is CCNC1CCC(C)CC1N(C)CC1(N(C)C)CCC1. The molecule has 0 aliphatic heterocycles. The van der Waals surface area contributed by atoms with E-state index in [4.69, 9.17) is 0 Å². The molecule has 0 aromatic carbocycles. The molecule has 0 radical (unpaired) electrons. The highest BCUT2D eigenvalue weighted by atomic mass is 15.2. The first-order chi connectivity index (χ1) is 9.48. The third-order valence-electron chi connectivity index (χ3n) is 5.89. The predicted molar refractivity (Wildman–Crippen MR) is 87.2 cm³/mol. The fourth-order valence-electron chi connectivity index (χ4n) is 4.25. The molecule has 0 spiro atoms. The van der Waals surface area contributed by atoms with Crippen LogP contribution in [0.4, 0.5) is 0 Å². The summed E-state index contributed by atoms with van der Waals surface area (Å²) >= 11 is 0. The van der Waals surface area contributed by atoms with Crippen LogP contribution in [0.1, 0.15) is 52.4 Å². The summed E-state index contributed by atoms with van der Waals surface area (Å²) in [4.78, 5) is 5.14. The molecule has 0 saturated heterocycles. The Morgan fingerprint density at radius 2 is 1.85 bits per heavy atom. The molecular formula is C17H35N3. The Labute approximate surface area is 126 Å². The molecule has 0 bridgehead atoms. The molecule has 3 unspecified atom stereocenters. The molecule has 2 aliphatic carbocycles. The highest BCUT2D eigenvalue weighted by molar-refractivity contribution is 5.00. The summed E-state index contributed by atoms with van der Waals surface area (Å²) in [6, 6.07) is 1.41. The molecule has 3 atom stereocenters. The predicted octanol–water partition coefficient (Wildman–Crippen LogP) is 2.57. The smallest absolute Gasteiger partial charge is 0.0330 e. The maximum absolute atomic E-state index is 3.73. The Bertz CT molecular complexity index is 299. The molecule has 3 nitrogen and oxygen atoms in total. The van der Waals surface area contributed by atoms with Crippen LogP contribution >= 0.6 is 0 Å². The van der Waals surface area contributed by atoms with E-state index in [1.54, 1.807) is 0 Å². The van der Waals surface area contributed by atoms with Crippen LogP contribution in [0.2, 0.25) is 0 Å². The second-order valence-corrected chi connectivity index (χ2v) is 7.54. The first kappa shape index (κ1) is 16.3.